The average molecular weight is 284 g/mol. The highest BCUT2D eigenvalue weighted by molar-refractivity contribution is 5.77. The van der Waals surface area contributed by atoms with Crippen molar-refractivity contribution in [3.63, 3.8) is 0 Å². The van der Waals surface area contributed by atoms with Crippen LogP contribution in [0.25, 0.3) is 0 Å². The molecule has 3 N–H and O–H groups in total. The van der Waals surface area contributed by atoms with Gasteiger partial charge in [-0.3, -0.25) is 4.79 Å². The summed E-state index contributed by atoms with van der Waals surface area (Å²) in [5.41, 5.74) is 8.65. The zero-order valence-corrected chi connectivity index (χ0v) is 12.1. The summed E-state index contributed by atoms with van der Waals surface area (Å²) in [5, 5.41) is 2.81. The fourth-order valence-corrected chi connectivity index (χ4v) is 1.94. The minimum atomic E-state index is -0.169. The quantitative estimate of drug-likeness (QED) is 0.801. The van der Waals surface area contributed by atoms with Gasteiger partial charge in [0.15, 0.2) is 6.61 Å². The molecule has 4 heteroatoms. The lowest BCUT2D eigenvalue weighted by Gasteiger charge is -2.10. The molecule has 0 bridgehead atoms. The molecule has 0 saturated heterocycles. The Morgan fingerprint density at radius 3 is 2.57 bits per heavy atom. The maximum Gasteiger partial charge on any atom is 0.258 e. The van der Waals surface area contributed by atoms with E-state index in [4.69, 9.17) is 10.5 Å². The minimum absolute atomic E-state index is 0.0392. The van der Waals surface area contributed by atoms with Gasteiger partial charge in [-0.1, -0.05) is 43.3 Å². The molecular formula is C17H20N2O2. The van der Waals surface area contributed by atoms with Gasteiger partial charge in [-0.15, -0.1) is 0 Å². The molecule has 0 saturated carbocycles. The number of benzene rings is 2. The highest BCUT2D eigenvalue weighted by Gasteiger charge is 2.05. The molecule has 0 aliphatic rings. The van der Waals surface area contributed by atoms with Crippen molar-refractivity contribution in [3.8, 4) is 5.75 Å². The van der Waals surface area contributed by atoms with E-state index in [-0.39, 0.29) is 12.5 Å². The normalized spacial score (nSPS) is 10.1. The van der Waals surface area contributed by atoms with Crippen molar-refractivity contribution in [1.82, 2.24) is 5.32 Å². The Morgan fingerprint density at radius 2 is 1.90 bits per heavy atom. The molecule has 0 fully saturated rings. The molecule has 2 aromatic carbocycles. The van der Waals surface area contributed by atoms with E-state index in [1.807, 2.05) is 42.5 Å². The summed E-state index contributed by atoms with van der Waals surface area (Å²) in [6, 6.07) is 15.4. The lowest BCUT2D eigenvalue weighted by Crippen LogP contribution is -2.28. The molecule has 0 aliphatic carbocycles. The van der Waals surface area contributed by atoms with Crippen molar-refractivity contribution in [2.45, 2.75) is 19.9 Å². The molecule has 0 radical (unpaired) electrons. The highest BCUT2D eigenvalue weighted by atomic mass is 16.5. The van der Waals surface area contributed by atoms with Crippen molar-refractivity contribution in [1.29, 1.82) is 0 Å². The first-order valence-electron chi connectivity index (χ1n) is 7.01. The number of anilines is 1. The second-order valence-corrected chi connectivity index (χ2v) is 4.78. The van der Waals surface area contributed by atoms with Crippen LogP contribution in [0.15, 0.2) is 48.5 Å². The Hall–Kier alpha value is -2.49. The third kappa shape index (κ3) is 4.53. The summed E-state index contributed by atoms with van der Waals surface area (Å²) in [4.78, 5) is 11.7. The Labute approximate surface area is 124 Å². The number of ether oxygens (including phenoxy) is 1. The number of hydrogen-bond donors (Lipinski definition) is 2. The fourth-order valence-electron chi connectivity index (χ4n) is 1.94. The maximum atomic E-state index is 11.7. The van der Waals surface area contributed by atoms with E-state index >= 15 is 0 Å². The van der Waals surface area contributed by atoms with E-state index in [1.165, 1.54) is 0 Å². The Balaban J connectivity index is 1.81. The van der Waals surface area contributed by atoms with Crippen LogP contribution in [-0.4, -0.2) is 12.5 Å². The summed E-state index contributed by atoms with van der Waals surface area (Å²) in [6.45, 7) is 2.52. The predicted octanol–water partition coefficient (Wildman–Crippen LogP) is 2.53. The molecule has 110 valence electrons. The second kappa shape index (κ2) is 7.33. The first-order valence-corrected chi connectivity index (χ1v) is 7.01. The average Bonchev–Trinajstić information content (AvgIpc) is 2.52. The maximum absolute atomic E-state index is 11.7. The van der Waals surface area contributed by atoms with Crippen molar-refractivity contribution in [3.05, 3.63) is 59.7 Å². The largest absolute Gasteiger partial charge is 0.482 e. The zero-order chi connectivity index (χ0) is 15.1. The standard InChI is InChI=1S/C17H20N2O2/c1-2-13-8-9-16(15(18)10-13)21-12-17(20)19-11-14-6-4-3-5-7-14/h3-10H,2,11-12,18H2,1H3,(H,19,20). The van der Waals surface area contributed by atoms with E-state index < -0.39 is 0 Å². The van der Waals surface area contributed by atoms with Crippen LogP contribution >= 0.6 is 0 Å². The number of carbonyl (C=O) groups excluding carboxylic acids is 1. The molecule has 21 heavy (non-hydrogen) atoms. The third-order valence-corrected chi connectivity index (χ3v) is 3.17. The zero-order valence-electron chi connectivity index (χ0n) is 12.1. The van der Waals surface area contributed by atoms with E-state index in [1.54, 1.807) is 6.07 Å². The van der Waals surface area contributed by atoms with Crippen molar-refractivity contribution in [2.24, 2.45) is 0 Å². The second-order valence-electron chi connectivity index (χ2n) is 4.78. The summed E-state index contributed by atoms with van der Waals surface area (Å²) in [5.74, 6) is 0.375. The number of hydrogen-bond acceptors (Lipinski definition) is 3. The molecule has 4 nitrogen and oxygen atoms in total. The van der Waals surface area contributed by atoms with Crippen LogP contribution in [-0.2, 0) is 17.8 Å². The number of rotatable bonds is 6. The van der Waals surface area contributed by atoms with Crippen molar-refractivity contribution >= 4 is 11.6 Å². The Bertz CT molecular complexity index is 597. The highest BCUT2D eigenvalue weighted by Crippen LogP contribution is 2.22. The van der Waals surface area contributed by atoms with Crippen LogP contribution in [0.3, 0.4) is 0 Å². The van der Waals surface area contributed by atoms with Crippen LogP contribution in [0, 0.1) is 0 Å². The summed E-state index contributed by atoms with van der Waals surface area (Å²) in [7, 11) is 0. The van der Waals surface area contributed by atoms with Gasteiger partial charge in [0.1, 0.15) is 5.75 Å². The lowest BCUT2D eigenvalue weighted by atomic mass is 10.1. The molecule has 0 aromatic heterocycles. The number of amides is 1. The van der Waals surface area contributed by atoms with E-state index in [0.717, 1.165) is 17.5 Å². The van der Waals surface area contributed by atoms with Gasteiger partial charge in [0.2, 0.25) is 0 Å². The number of nitrogens with two attached hydrogens (primary N) is 1. The van der Waals surface area contributed by atoms with Gasteiger partial charge < -0.3 is 15.8 Å². The van der Waals surface area contributed by atoms with Crippen LogP contribution < -0.4 is 15.8 Å². The number of nitrogens with one attached hydrogen (secondary N) is 1. The predicted molar refractivity (Wildman–Crippen MR) is 84.0 cm³/mol. The smallest absolute Gasteiger partial charge is 0.258 e. The molecule has 1 amide bonds. The van der Waals surface area contributed by atoms with Gasteiger partial charge in [-0.2, -0.15) is 0 Å². The molecule has 0 aliphatic heterocycles. The van der Waals surface area contributed by atoms with Crippen LogP contribution in [0.5, 0.6) is 5.75 Å². The fraction of sp³-hybridized carbons (Fsp3) is 0.235. The molecule has 0 spiro atoms. The van der Waals surface area contributed by atoms with E-state index in [2.05, 4.69) is 12.2 Å². The minimum Gasteiger partial charge on any atom is -0.482 e. The molecule has 2 rings (SSSR count). The van der Waals surface area contributed by atoms with Gasteiger partial charge in [0.05, 0.1) is 5.69 Å². The summed E-state index contributed by atoms with van der Waals surface area (Å²) in [6.07, 6.45) is 0.919. The Morgan fingerprint density at radius 1 is 1.14 bits per heavy atom. The molecule has 0 unspecified atom stereocenters. The molecule has 0 atom stereocenters. The number of aryl methyl sites for hydroxylation is 1. The number of nitrogen functional groups attached to an aromatic ring is 1. The van der Waals surface area contributed by atoms with E-state index in [9.17, 15) is 4.79 Å². The summed E-state index contributed by atoms with van der Waals surface area (Å²) < 4.78 is 5.45. The monoisotopic (exact) mass is 284 g/mol. The van der Waals surface area contributed by atoms with Crippen molar-refractivity contribution in [2.75, 3.05) is 12.3 Å². The topological polar surface area (TPSA) is 64.3 Å². The van der Waals surface area contributed by atoms with Gasteiger partial charge in [0, 0.05) is 6.54 Å². The van der Waals surface area contributed by atoms with Crippen molar-refractivity contribution < 1.29 is 9.53 Å². The molecule has 2 aromatic rings. The third-order valence-electron chi connectivity index (χ3n) is 3.17. The van der Waals surface area contributed by atoms with Gasteiger partial charge in [-0.25, -0.2) is 0 Å². The first kappa shape index (κ1) is 14.9. The van der Waals surface area contributed by atoms with Gasteiger partial charge >= 0.3 is 0 Å². The van der Waals surface area contributed by atoms with E-state index in [0.29, 0.717) is 18.0 Å². The molecule has 0 heterocycles. The van der Waals surface area contributed by atoms with Gasteiger partial charge in [0.25, 0.3) is 5.91 Å². The SMILES string of the molecule is CCc1ccc(OCC(=O)NCc2ccccc2)c(N)c1. The lowest BCUT2D eigenvalue weighted by molar-refractivity contribution is -0.123. The van der Waals surface area contributed by atoms with Crippen LogP contribution in [0.1, 0.15) is 18.1 Å². The number of carbonyl (C=O) groups is 1. The van der Waals surface area contributed by atoms with Gasteiger partial charge in [-0.05, 0) is 29.7 Å². The Kier molecular flexibility index (Phi) is 5.21. The summed E-state index contributed by atoms with van der Waals surface area (Å²) >= 11 is 0. The molecular weight excluding hydrogens is 264 g/mol. The van der Waals surface area contributed by atoms with Crippen LogP contribution in [0.4, 0.5) is 5.69 Å². The van der Waals surface area contributed by atoms with Crippen LogP contribution in [0.2, 0.25) is 0 Å². The first-order chi connectivity index (χ1) is 10.2.